The normalized spacial score (nSPS) is 15.0. The Morgan fingerprint density at radius 3 is 2.59 bits per heavy atom. The van der Waals surface area contributed by atoms with Gasteiger partial charge in [0.1, 0.15) is 17.2 Å². The lowest BCUT2D eigenvalue weighted by Gasteiger charge is -2.26. The molecule has 0 radical (unpaired) electrons. The number of imidazole rings is 1. The molecule has 1 aliphatic heterocycles. The van der Waals surface area contributed by atoms with Crippen LogP contribution in [-0.2, 0) is 0 Å². The van der Waals surface area contributed by atoms with Gasteiger partial charge in [0, 0.05) is 11.8 Å². The monoisotopic (exact) mass is 455 g/mol. The zero-order valence-electron chi connectivity index (χ0n) is 20.2. The number of aryl methyl sites for hydroxylation is 1. The fourth-order valence-corrected chi connectivity index (χ4v) is 4.13. The number of pyridine rings is 1. The predicted octanol–water partition coefficient (Wildman–Crippen LogP) is 6.05. The summed E-state index contributed by atoms with van der Waals surface area (Å²) in [7, 11) is 1.58. The summed E-state index contributed by atoms with van der Waals surface area (Å²) in [5, 5.41) is 17.7. The maximum atomic E-state index is 8.79. The largest absolute Gasteiger partial charge is 0.479 e. The van der Waals surface area contributed by atoms with E-state index in [1.165, 1.54) is 0 Å². The van der Waals surface area contributed by atoms with Crippen LogP contribution in [0.4, 0.5) is 0 Å². The minimum atomic E-state index is 0.0388. The van der Waals surface area contributed by atoms with Gasteiger partial charge in [-0.05, 0) is 50.5 Å². The van der Waals surface area contributed by atoms with Gasteiger partial charge in [-0.25, -0.2) is 9.97 Å². The molecule has 0 bridgehead atoms. The standard InChI is InChI=1S/C26H29N7O/c1-7-22-19-10-8-9-11-20(19)24(27)33(22)25(16(2)3)31-30-18(5)21-12-13-23(26(29-21)34-6)32-14-17(4)28-15-32/h8-15,22,27H,5,7H2,1-4,6H3/t22-/m0/s1. The van der Waals surface area contributed by atoms with Crippen molar-refractivity contribution in [2.75, 3.05) is 7.11 Å². The van der Waals surface area contributed by atoms with Crippen molar-refractivity contribution in [3.05, 3.63) is 89.4 Å². The topological polar surface area (TPSA) is 91.8 Å². The molecule has 0 saturated carbocycles. The Balaban J connectivity index is 1.63. The Morgan fingerprint density at radius 1 is 1.18 bits per heavy atom. The first-order chi connectivity index (χ1) is 16.3. The predicted molar refractivity (Wildman–Crippen MR) is 133 cm³/mol. The van der Waals surface area contributed by atoms with Crippen molar-refractivity contribution in [3.8, 4) is 11.6 Å². The number of rotatable bonds is 7. The Labute approximate surface area is 199 Å². The smallest absolute Gasteiger partial charge is 0.238 e. The summed E-state index contributed by atoms with van der Waals surface area (Å²) in [6.07, 6.45) is 4.47. The second-order valence-electron chi connectivity index (χ2n) is 8.35. The number of methoxy groups -OCH3 is 1. The number of amidine groups is 1. The molecule has 174 valence electrons. The number of azo groups is 1. The maximum absolute atomic E-state index is 8.79. The maximum Gasteiger partial charge on any atom is 0.238 e. The first-order valence-corrected chi connectivity index (χ1v) is 11.2. The third-order valence-corrected chi connectivity index (χ3v) is 5.77. The number of aromatic nitrogens is 3. The third-order valence-electron chi connectivity index (χ3n) is 5.77. The van der Waals surface area contributed by atoms with Gasteiger partial charge in [-0.2, -0.15) is 0 Å². The lowest BCUT2D eigenvalue weighted by atomic mass is 10.0. The Bertz CT molecular complexity index is 1310. The second-order valence-corrected chi connectivity index (χ2v) is 8.35. The molecule has 1 N–H and O–H groups in total. The summed E-state index contributed by atoms with van der Waals surface area (Å²) in [6.45, 7) is 12.1. The quantitative estimate of drug-likeness (QED) is 0.439. The van der Waals surface area contributed by atoms with Gasteiger partial charge in [-0.3, -0.25) is 5.41 Å². The van der Waals surface area contributed by atoms with E-state index < -0.39 is 0 Å². The van der Waals surface area contributed by atoms with Gasteiger partial charge in [0.25, 0.3) is 0 Å². The van der Waals surface area contributed by atoms with Crippen molar-refractivity contribution in [1.82, 2.24) is 19.4 Å². The number of ether oxygens (including phenoxy) is 1. The van der Waals surface area contributed by atoms with Crippen molar-refractivity contribution < 1.29 is 4.74 Å². The number of nitrogens with zero attached hydrogens (tertiary/aromatic N) is 6. The lowest BCUT2D eigenvalue weighted by Crippen LogP contribution is -2.27. The highest BCUT2D eigenvalue weighted by atomic mass is 16.5. The van der Waals surface area contributed by atoms with Gasteiger partial charge in [0.15, 0.2) is 5.82 Å². The molecule has 0 spiro atoms. The van der Waals surface area contributed by atoms with Crippen molar-refractivity contribution in [2.24, 2.45) is 10.2 Å². The molecule has 1 aliphatic rings. The molecule has 3 heterocycles. The number of allylic oxidation sites excluding steroid dienone is 1. The van der Waals surface area contributed by atoms with Gasteiger partial charge in [0.2, 0.25) is 5.88 Å². The van der Waals surface area contributed by atoms with Gasteiger partial charge >= 0.3 is 0 Å². The van der Waals surface area contributed by atoms with Crippen LogP contribution in [0.2, 0.25) is 0 Å². The summed E-state index contributed by atoms with van der Waals surface area (Å²) >= 11 is 0. The molecule has 8 heteroatoms. The fraction of sp³-hybridized carbons (Fsp3) is 0.269. The van der Waals surface area contributed by atoms with E-state index in [1.807, 2.05) is 66.8 Å². The van der Waals surface area contributed by atoms with Crippen molar-refractivity contribution in [2.45, 2.75) is 40.2 Å². The molecule has 1 aromatic carbocycles. The van der Waals surface area contributed by atoms with E-state index >= 15 is 0 Å². The number of fused-ring (bicyclic) bond motifs is 1. The summed E-state index contributed by atoms with van der Waals surface area (Å²) in [5.41, 5.74) is 5.67. The Morgan fingerprint density at radius 2 is 1.94 bits per heavy atom. The van der Waals surface area contributed by atoms with Crippen molar-refractivity contribution in [3.63, 3.8) is 0 Å². The highest BCUT2D eigenvalue weighted by Crippen LogP contribution is 2.39. The lowest BCUT2D eigenvalue weighted by molar-refractivity contribution is 0.380. The Hall–Kier alpha value is -4.07. The molecule has 2 aromatic heterocycles. The van der Waals surface area contributed by atoms with Gasteiger partial charge in [0.05, 0.1) is 30.9 Å². The molecule has 0 fully saturated rings. The van der Waals surface area contributed by atoms with Crippen molar-refractivity contribution >= 4 is 11.5 Å². The minimum absolute atomic E-state index is 0.0388. The first kappa shape index (κ1) is 23.1. The van der Waals surface area contributed by atoms with Gasteiger partial charge in [-0.1, -0.05) is 37.8 Å². The van der Waals surface area contributed by atoms with Crippen LogP contribution in [0.1, 0.15) is 55.7 Å². The van der Waals surface area contributed by atoms with Crippen LogP contribution in [0.25, 0.3) is 11.4 Å². The molecule has 1 atom stereocenters. The molecule has 34 heavy (non-hydrogen) atoms. The summed E-state index contributed by atoms with van der Waals surface area (Å²) in [5.74, 6) is 1.52. The number of nitrogens with one attached hydrogen (secondary N) is 1. The van der Waals surface area contributed by atoms with Gasteiger partial charge in [-0.15, -0.1) is 10.2 Å². The van der Waals surface area contributed by atoms with E-state index in [4.69, 9.17) is 10.1 Å². The first-order valence-electron chi connectivity index (χ1n) is 11.2. The van der Waals surface area contributed by atoms with Crippen molar-refractivity contribution in [1.29, 1.82) is 5.41 Å². The highest BCUT2D eigenvalue weighted by molar-refractivity contribution is 6.02. The fourth-order valence-electron chi connectivity index (χ4n) is 4.13. The molecular weight excluding hydrogens is 426 g/mol. The summed E-state index contributed by atoms with van der Waals surface area (Å²) in [4.78, 5) is 10.8. The molecular formula is C26H29N7O. The van der Waals surface area contributed by atoms with Crippen LogP contribution in [0.15, 0.2) is 77.1 Å². The zero-order chi connectivity index (χ0) is 24.4. The van der Waals surface area contributed by atoms with E-state index in [0.717, 1.165) is 34.5 Å². The molecule has 0 aliphatic carbocycles. The summed E-state index contributed by atoms with van der Waals surface area (Å²) < 4.78 is 7.36. The average molecular weight is 456 g/mol. The van der Waals surface area contributed by atoms with Gasteiger partial charge < -0.3 is 14.2 Å². The molecule has 0 saturated heterocycles. The summed E-state index contributed by atoms with van der Waals surface area (Å²) in [6, 6.07) is 11.8. The van der Waals surface area contributed by atoms with E-state index in [1.54, 1.807) is 13.4 Å². The second kappa shape index (κ2) is 9.43. The number of benzene rings is 1. The van der Waals surface area contributed by atoms with E-state index in [9.17, 15) is 0 Å². The average Bonchev–Trinajstić information content (AvgIpc) is 3.39. The Kier molecular flexibility index (Phi) is 6.40. The van der Waals surface area contributed by atoms with Crippen LogP contribution >= 0.6 is 0 Å². The van der Waals surface area contributed by atoms with E-state index in [0.29, 0.717) is 28.9 Å². The highest BCUT2D eigenvalue weighted by Gasteiger charge is 2.35. The number of hydrogen-bond acceptors (Lipinski definition) is 6. The van der Waals surface area contributed by atoms with Crippen LogP contribution in [0.3, 0.4) is 0 Å². The van der Waals surface area contributed by atoms with E-state index in [2.05, 4.69) is 39.8 Å². The SMILES string of the molecule is C=C(N=NC(=C(C)C)N1C(=N)c2ccccc2[C@@H]1CC)c1ccc(-n2cnc(C)c2)c(OC)n1. The van der Waals surface area contributed by atoms with Crippen LogP contribution in [-0.4, -0.2) is 32.4 Å². The van der Waals surface area contributed by atoms with Crippen LogP contribution in [0.5, 0.6) is 5.88 Å². The van der Waals surface area contributed by atoms with E-state index in [-0.39, 0.29) is 6.04 Å². The molecule has 0 unspecified atom stereocenters. The molecule has 0 amide bonds. The molecule has 4 rings (SSSR count). The minimum Gasteiger partial charge on any atom is -0.479 e. The van der Waals surface area contributed by atoms with Crippen LogP contribution < -0.4 is 4.74 Å². The zero-order valence-corrected chi connectivity index (χ0v) is 20.2. The molecule has 3 aromatic rings. The third kappa shape index (κ3) is 4.14. The molecule has 8 nitrogen and oxygen atoms in total. The number of hydrogen-bond donors (Lipinski definition) is 1. The van der Waals surface area contributed by atoms with Crippen LogP contribution in [0, 0.1) is 12.3 Å².